The van der Waals surface area contributed by atoms with Gasteiger partial charge in [-0.1, -0.05) is 11.6 Å². The van der Waals surface area contributed by atoms with Crippen LogP contribution in [0.1, 0.15) is 16.1 Å². The summed E-state index contributed by atoms with van der Waals surface area (Å²) in [5.41, 5.74) is 6.02. The maximum atomic E-state index is 14.7. The number of nitrogens with zero attached hydrogens (tertiary/aromatic N) is 2. The monoisotopic (exact) mass is 432 g/mol. The highest BCUT2D eigenvalue weighted by Crippen LogP contribution is 2.40. The number of carbonyl (C=O) groups is 1. The third-order valence-electron chi connectivity index (χ3n) is 4.47. The molecule has 0 spiro atoms. The molecule has 154 valence electrons. The molecule has 2 bridgehead atoms. The molecule has 2 aromatic heterocycles. The van der Waals surface area contributed by atoms with Crippen LogP contribution in [0.4, 0.5) is 20.3 Å². The maximum absolute atomic E-state index is 14.7. The lowest BCUT2D eigenvalue weighted by Crippen LogP contribution is -2.17. The number of nitrogens with one attached hydrogen (secondary N) is 1. The normalized spacial score (nSPS) is 12.8. The topological polar surface area (TPSA) is 99.4 Å². The summed E-state index contributed by atoms with van der Waals surface area (Å²) in [6.45, 7) is 1.69. The van der Waals surface area contributed by atoms with Crippen molar-refractivity contribution in [3.05, 3.63) is 58.4 Å². The van der Waals surface area contributed by atoms with Crippen molar-refractivity contribution in [3.63, 3.8) is 0 Å². The second kappa shape index (κ2) is 7.75. The molecule has 3 heterocycles. The number of hydrogen-bond acceptors (Lipinski definition) is 6. The summed E-state index contributed by atoms with van der Waals surface area (Å²) in [7, 11) is 0. The van der Waals surface area contributed by atoms with E-state index in [1.807, 2.05) is 0 Å². The summed E-state index contributed by atoms with van der Waals surface area (Å²) in [6, 6.07) is 4.73. The van der Waals surface area contributed by atoms with Crippen LogP contribution in [0.2, 0.25) is 5.02 Å². The first-order chi connectivity index (χ1) is 14.4. The number of ether oxygens (including phenoxy) is 2. The summed E-state index contributed by atoms with van der Waals surface area (Å²) in [4.78, 5) is 20.5. The Hall–Kier alpha value is -3.46. The van der Waals surface area contributed by atoms with Crippen molar-refractivity contribution >= 4 is 29.0 Å². The van der Waals surface area contributed by atoms with Crippen LogP contribution in [0.5, 0.6) is 11.5 Å². The molecule has 1 aromatic carbocycles. The van der Waals surface area contributed by atoms with Gasteiger partial charge in [0.15, 0.2) is 11.6 Å². The van der Waals surface area contributed by atoms with Gasteiger partial charge in [0.2, 0.25) is 0 Å². The number of pyridine rings is 2. The standard InChI is InChI=1S/C20H15ClF2N4O3/c1-9-16-14(4-5-25-9)29-6-7-30-18-13(23)3-2-12(22)15(18)17-11(21)8-10(19(24)28)20(26-16)27-17/h2-5,8H,6-7H2,1H3,(H2,24,28)(H,26,27). The fraction of sp³-hybridized carbons (Fsp3) is 0.150. The van der Waals surface area contributed by atoms with Gasteiger partial charge in [-0.2, -0.15) is 0 Å². The first-order valence-electron chi connectivity index (χ1n) is 8.83. The molecule has 4 rings (SSSR count). The Morgan fingerprint density at radius 2 is 1.93 bits per heavy atom. The number of hydrogen-bond donors (Lipinski definition) is 2. The highest BCUT2D eigenvalue weighted by atomic mass is 35.5. The van der Waals surface area contributed by atoms with E-state index in [0.29, 0.717) is 17.1 Å². The zero-order valence-corrected chi connectivity index (χ0v) is 16.4. The highest BCUT2D eigenvalue weighted by molar-refractivity contribution is 6.33. The van der Waals surface area contributed by atoms with Crippen LogP contribution in [0.15, 0.2) is 30.5 Å². The van der Waals surface area contributed by atoms with Gasteiger partial charge in [0.1, 0.15) is 36.3 Å². The largest absolute Gasteiger partial charge is 0.488 e. The number of rotatable bonds is 1. The van der Waals surface area contributed by atoms with Crippen LogP contribution in [-0.2, 0) is 0 Å². The van der Waals surface area contributed by atoms with Gasteiger partial charge in [0.25, 0.3) is 5.91 Å². The molecule has 3 aromatic rings. The highest BCUT2D eigenvalue weighted by Gasteiger charge is 2.25. The van der Waals surface area contributed by atoms with Crippen molar-refractivity contribution in [2.24, 2.45) is 5.73 Å². The summed E-state index contributed by atoms with van der Waals surface area (Å²) in [5, 5.41) is 2.88. The van der Waals surface area contributed by atoms with Crippen LogP contribution in [0, 0.1) is 18.6 Å². The second-order valence-electron chi connectivity index (χ2n) is 6.40. The Labute approximate surface area is 174 Å². The number of primary amides is 1. The minimum absolute atomic E-state index is 0.0157. The molecule has 3 N–H and O–H groups in total. The lowest BCUT2D eigenvalue weighted by molar-refractivity contribution is 0.100. The van der Waals surface area contributed by atoms with E-state index in [1.165, 1.54) is 6.07 Å². The van der Waals surface area contributed by atoms with Crippen LogP contribution in [0.3, 0.4) is 0 Å². The third-order valence-corrected chi connectivity index (χ3v) is 4.76. The minimum atomic E-state index is -0.814. The van der Waals surface area contributed by atoms with E-state index in [4.69, 9.17) is 26.8 Å². The first kappa shape index (κ1) is 19.8. The Bertz CT molecular complexity index is 1170. The molecular weight excluding hydrogens is 418 g/mol. The average molecular weight is 433 g/mol. The molecule has 0 unspecified atom stereocenters. The molecule has 0 saturated carbocycles. The quantitative estimate of drug-likeness (QED) is 0.603. The minimum Gasteiger partial charge on any atom is -0.488 e. The molecule has 0 atom stereocenters. The zero-order valence-electron chi connectivity index (χ0n) is 15.6. The fourth-order valence-corrected chi connectivity index (χ4v) is 3.32. The van der Waals surface area contributed by atoms with E-state index in [-0.39, 0.29) is 46.6 Å². The molecule has 7 nitrogen and oxygen atoms in total. The fourth-order valence-electron chi connectivity index (χ4n) is 3.07. The number of fused-ring (bicyclic) bond motifs is 5. The van der Waals surface area contributed by atoms with Crippen LogP contribution < -0.4 is 20.5 Å². The Balaban J connectivity index is 2.02. The Morgan fingerprint density at radius 3 is 2.70 bits per heavy atom. The molecular formula is C20H15ClF2N4O3. The molecule has 0 fully saturated rings. The maximum Gasteiger partial charge on any atom is 0.252 e. The number of nitrogens with two attached hydrogens (primary N) is 1. The Morgan fingerprint density at radius 1 is 1.20 bits per heavy atom. The number of amides is 1. The van der Waals surface area contributed by atoms with Gasteiger partial charge in [0.05, 0.1) is 27.5 Å². The van der Waals surface area contributed by atoms with Crippen molar-refractivity contribution in [1.29, 1.82) is 0 Å². The SMILES string of the molecule is Cc1nccc2c1Nc1nc(c(Cl)cc1C(N)=O)-c1c(F)ccc(F)c1OCCO2. The summed E-state index contributed by atoms with van der Waals surface area (Å²) >= 11 is 6.28. The number of carbonyl (C=O) groups excluding carboxylic acids is 1. The smallest absolute Gasteiger partial charge is 0.252 e. The van der Waals surface area contributed by atoms with E-state index in [1.54, 1.807) is 19.2 Å². The number of aromatic nitrogens is 2. The van der Waals surface area contributed by atoms with Gasteiger partial charge in [0, 0.05) is 12.3 Å². The number of anilines is 2. The first-order valence-corrected chi connectivity index (χ1v) is 9.21. The molecule has 0 radical (unpaired) electrons. The summed E-state index contributed by atoms with van der Waals surface area (Å²) < 4.78 is 40.4. The predicted octanol–water partition coefficient (Wildman–Crippen LogP) is 4.00. The van der Waals surface area contributed by atoms with Crippen molar-refractivity contribution in [3.8, 4) is 22.8 Å². The van der Waals surface area contributed by atoms with Crippen molar-refractivity contribution in [2.75, 3.05) is 18.5 Å². The third kappa shape index (κ3) is 3.48. The van der Waals surface area contributed by atoms with E-state index in [9.17, 15) is 13.6 Å². The van der Waals surface area contributed by atoms with Crippen molar-refractivity contribution in [2.45, 2.75) is 6.92 Å². The molecule has 0 saturated heterocycles. The van der Waals surface area contributed by atoms with Crippen LogP contribution in [0.25, 0.3) is 11.3 Å². The molecule has 0 aliphatic carbocycles. The number of aryl methyl sites for hydroxylation is 1. The second-order valence-corrected chi connectivity index (χ2v) is 6.81. The van der Waals surface area contributed by atoms with Gasteiger partial charge < -0.3 is 20.5 Å². The van der Waals surface area contributed by atoms with Crippen molar-refractivity contribution < 1.29 is 23.0 Å². The van der Waals surface area contributed by atoms with E-state index in [2.05, 4.69) is 15.3 Å². The van der Waals surface area contributed by atoms with E-state index < -0.39 is 17.5 Å². The summed E-state index contributed by atoms with van der Waals surface area (Å²) in [5.74, 6) is -2.38. The van der Waals surface area contributed by atoms with Gasteiger partial charge >= 0.3 is 0 Å². The Kier molecular flexibility index (Phi) is 5.13. The lowest BCUT2D eigenvalue weighted by Gasteiger charge is -2.20. The van der Waals surface area contributed by atoms with E-state index >= 15 is 0 Å². The number of benzene rings is 1. The predicted molar refractivity (Wildman–Crippen MR) is 106 cm³/mol. The van der Waals surface area contributed by atoms with Crippen LogP contribution in [-0.4, -0.2) is 29.1 Å². The average Bonchev–Trinajstić information content (AvgIpc) is 2.70. The van der Waals surface area contributed by atoms with Gasteiger partial charge in [-0.25, -0.2) is 13.8 Å². The number of halogens is 3. The van der Waals surface area contributed by atoms with Crippen LogP contribution >= 0.6 is 11.6 Å². The van der Waals surface area contributed by atoms with E-state index in [0.717, 1.165) is 12.1 Å². The van der Waals surface area contributed by atoms with Gasteiger partial charge in [-0.15, -0.1) is 0 Å². The summed E-state index contributed by atoms with van der Waals surface area (Å²) in [6.07, 6.45) is 1.54. The van der Waals surface area contributed by atoms with Gasteiger partial charge in [-0.05, 0) is 25.1 Å². The molecule has 30 heavy (non-hydrogen) atoms. The molecule has 1 aliphatic rings. The lowest BCUT2D eigenvalue weighted by atomic mass is 10.1. The molecule has 1 amide bonds. The zero-order chi connectivity index (χ0) is 21.4. The molecule has 1 aliphatic heterocycles. The molecule has 10 heteroatoms. The van der Waals surface area contributed by atoms with Crippen molar-refractivity contribution in [1.82, 2.24) is 9.97 Å². The van der Waals surface area contributed by atoms with Gasteiger partial charge in [-0.3, -0.25) is 9.78 Å².